The first-order valence-corrected chi connectivity index (χ1v) is 11.3. The summed E-state index contributed by atoms with van der Waals surface area (Å²) in [5.74, 6) is -0.0887. The third kappa shape index (κ3) is 5.54. The van der Waals surface area contributed by atoms with Gasteiger partial charge in [-0.2, -0.15) is 0 Å². The molecule has 7 heteroatoms. The van der Waals surface area contributed by atoms with Gasteiger partial charge in [-0.15, -0.1) is 0 Å². The van der Waals surface area contributed by atoms with Gasteiger partial charge in [0, 0.05) is 12.1 Å². The molecule has 1 heterocycles. The molecule has 1 amide bonds. The average molecular weight is 453 g/mol. The highest BCUT2D eigenvalue weighted by molar-refractivity contribution is 6.46. The number of amides is 1. The summed E-state index contributed by atoms with van der Waals surface area (Å²) in [6.07, 6.45) is 0.705. The van der Waals surface area contributed by atoms with E-state index in [0.717, 1.165) is 12.1 Å². The summed E-state index contributed by atoms with van der Waals surface area (Å²) in [6.45, 7) is 6.05. The lowest BCUT2D eigenvalue weighted by Crippen LogP contribution is -2.32. The number of hydrogen-bond donors (Lipinski definition) is 1. The first kappa shape index (κ1) is 24.3. The van der Waals surface area contributed by atoms with Gasteiger partial charge in [-0.3, -0.25) is 9.59 Å². The Morgan fingerprint density at radius 1 is 0.939 bits per heavy atom. The second-order valence-corrected chi connectivity index (χ2v) is 8.11. The van der Waals surface area contributed by atoms with Gasteiger partial charge < -0.3 is 24.4 Å². The monoisotopic (exact) mass is 452 g/mol. The van der Waals surface area contributed by atoms with Crippen molar-refractivity contribution in [3.8, 4) is 11.5 Å². The van der Waals surface area contributed by atoms with Crippen molar-refractivity contribution in [2.75, 3.05) is 40.4 Å². The van der Waals surface area contributed by atoms with Gasteiger partial charge in [0.15, 0.2) is 0 Å². The molecule has 0 aliphatic carbocycles. The van der Waals surface area contributed by atoms with Crippen LogP contribution in [0.15, 0.2) is 54.1 Å². The standard InChI is InChI=1S/C26H32N2O5/c1-5-32-20-12-8-18(9-13-20)23-22(24(29)19-10-14-21(15-11-19)33-6-2)25(30)26(31)28(23)17-7-16-27(3)4/h8-15,23,29H,5-7,16-17H2,1-4H3/t23-/m0/s1. The van der Waals surface area contributed by atoms with Crippen LogP contribution in [0, 0.1) is 0 Å². The Balaban J connectivity index is 2.03. The summed E-state index contributed by atoms with van der Waals surface area (Å²) >= 11 is 0. The fourth-order valence-corrected chi connectivity index (χ4v) is 3.96. The van der Waals surface area contributed by atoms with Crippen molar-refractivity contribution in [3.05, 3.63) is 65.2 Å². The van der Waals surface area contributed by atoms with E-state index in [1.54, 1.807) is 29.2 Å². The van der Waals surface area contributed by atoms with Gasteiger partial charge in [-0.05, 0) is 82.9 Å². The van der Waals surface area contributed by atoms with Crippen molar-refractivity contribution in [3.63, 3.8) is 0 Å². The van der Waals surface area contributed by atoms with Crippen molar-refractivity contribution in [2.45, 2.75) is 26.3 Å². The number of carbonyl (C=O) groups is 2. The van der Waals surface area contributed by atoms with E-state index in [9.17, 15) is 14.7 Å². The zero-order valence-corrected chi connectivity index (χ0v) is 19.7. The van der Waals surface area contributed by atoms with Gasteiger partial charge in [-0.1, -0.05) is 12.1 Å². The number of Topliss-reactive ketones (excluding diaryl/α,β-unsaturated/α-hetero) is 1. The zero-order valence-electron chi connectivity index (χ0n) is 19.7. The van der Waals surface area contributed by atoms with Gasteiger partial charge in [0.2, 0.25) is 0 Å². The molecular formula is C26H32N2O5. The normalized spacial score (nSPS) is 17.6. The van der Waals surface area contributed by atoms with Crippen LogP contribution in [0.4, 0.5) is 0 Å². The molecule has 176 valence electrons. The summed E-state index contributed by atoms with van der Waals surface area (Å²) in [5, 5.41) is 11.1. The number of ketones is 1. The number of aliphatic hydroxyl groups is 1. The van der Waals surface area contributed by atoms with Crippen LogP contribution in [0.25, 0.3) is 5.76 Å². The molecule has 0 spiro atoms. The molecule has 2 aromatic carbocycles. The highest BCUT2D eigenvalue weighted by Gasteiger charge is 2.45. The van der Waals surface area contributed by atoms with Gasteiger partial charge >= 0.3 is 0 Å². The van der Waals surface area contributed by atoms with E-state index < -0.39 is 17.7 Å². The van der Waals surface area contributed by atoms with Crippen LogP contribution in [0.2, 0.25) is 0 Å². The van der Waals surface area contributed by atoms with Crippen molar-refractivity contribution in [1.82, 2.24) is 9.80 Å². The topological polar surface area (TPSA) is 79.3 Å². The highest BCUT2D eigenvalue weighted by Crippen LogP contribution is 2.40. The van der Waals surface area contributed by atoms with Crippen molar-refractivity contribution in [1.29, 1.82) is 0 Å². The van der Waals surface area contributed by atoms with E-state index in [1.807, 2.05) is 57.1 Å². The zero-order chi connectivity index (χ0) is 24.0. The summed E-state index contributed by atoms with van der Waals surface area (Å²) < 4.78 is 11.0. The minimum absolute atomic E-state index is 0.0955. The van der Waals surface area contributed by atoms with Gasteiger partial charge in [0.05, 0.1) is 24.8 Å². The Bertz CT molecular complexity index is 996. The number of carbonyl (C=O) groups excluding carboxylic acids is 2. The molecule has 7 nitrogen and oxygen atoms in total. The number of nitrogens with zero attached hydrogens (tertiary/aromatic N) is 2. The quantitative estimate of drug-likeness (QED) is 0.335. The van der Waals surface area contributed by atoms with Gasteiger partial charge in [0.1, 0.15) is 17.3 Å². The number of benzene rings is 2. The minimum Gasteiger partial charge on any atom is -0.507 e. The minimum atomic E-state index is -0.676. The molecule has 1 aliphatic rings. The second kappa shape index (κ2) is 11.0. The van der Waals surface area contributed by atoms with Crippen LogP contribution in [-0.4, -0.2) is 67.0 Å². The van der Waals surface area contributed by atoms with Crippen LogP contribution in [-0.2, 0) is 9.59 Å². The maximum absolute atomic E-state index is 13.1. The van der Waals surface area contributed by atoms with E-state index in [-0.39, 0.29) is 11.3 Å². The first-order valence-electron chi connectivity index (χ1n) is 11.3. The fourth-order valence-electron chi connectivity index (χ4n) is 3.96. The second-order valence-electron chi connectivity index (χ2n) is 8.11. The smallest absolute Gasteiger partial charge is 0.295 e. The molecular weight excluding hydrogens is 420 g/mol. The number of aliphatic hydroxyl groups excluding tert-OH is 1. The largest absolute Gasteiger partial charge is 0.507 e. The van der Waals surface area contributed by atoms with Crippen LogP contribution in [0.5, 0.6) is 11.5 Å². The molecule has 2 aromatic rings. The predicted octanol–water partition coefficient (Wildman–Crippen LogP) is 3.86. The third-order valence-corrected chi connectivity index (χ3v) is 5.49. The number of rotatable bonds is 10. The molecule has 0 radical (unpaired) electrons. The van der Waals surface area contributed by atoms with E-state index in [4.69, 9.17) is 9.47 Å². The predicted molar refractivity (Wildman–Crippen MR) is 127 cm³/mol. The van der Waals surface area contributed by atoms with E-state index in [1.165, 1.54) is 0 Å². The summed E-state index contributed by atoms with van der Waals surface area (Å²) in [5.41, 5.74) is 1.30. The number of ether oxygens (including phenoxy) is 2. The van der Waals surface area contributed by atoms with E-state index >= 15 is 0 Å². The maximum Gasteiger partial charge on any atom is 0.295 e. The molecule has 0 saturated carbocycles. The lowest BCUT2D eigenvalue weighted by atomic mass is 9.95. The first-order chi connectivity index (χ1) is 15.9. The average Bonchev–Trinajstić information content (AvgIpc) is 3.05. The van der Waals surface area contributed by atoms with E-state index in [0.29, 0.717) is 43.2 Å². The number of likely N-dealkylation sites (tertiary alicyclic amines) is 1. The lowest BCUT2D eigenvalue weighted by molar-refractivity contribution is -0.139. The van der Waals surface area contributed by atoms with Gasteiger partial charge in [-0.25, -0.2) is 0 Å². The van der Waals surface area contributed by atoms with Crippen molar-refractivity contribution >= 4 is 17.4 Å². The SMILES string of the molecule is CCOc1ccc(C(O)=C2C(=O)C(=O)N(CCCN(C)C)[C@H]2c2ccc(OCC)cc2)cc1. The molecule has 0 unspecified atom stereocenters. The molecule has 0 bridgehead atoms. The van der Waals surface area contributed by atoms with Crippen LogP contribution < -0.4 is 9.47 Å². The molecule has 1 atom stereocenters. The molecule has 1 N–H and O–H groups in total. The van der Waals surface area contributed by atoms with Gasteiger partial charge in [0.25, 0.3) is 11.7 Å². The molecule has 0 aromatic heterocycles. The third-order valence-electron chi connectivity index (χ3n) is 5.49. The summed E-state index contributed by atoms with van der Waals surface area (Å²) in [6, 6.07) is 13.5. The Labute approximate surface area is 195 Å². The fraction of sp³-hybridized carbons (Fsp3) is 0.385. The molecule has 1 aliphatic heterocycles. The van der Waals surface area contributed by atoms with Crippen LogP contribution >= 0.6 is 0 Å². The molecule has 3 rings (SSSR count). The van der Waals surface area contributed by atoms with Crippen molar-refractivity contribution in [2.24, 2.45) is 0 Å². The molecule has 1 saturated heterocycles. The Morgan fingerprint density at radius 3 is 2.00 bits per heavy atom. The highest BCUT2D eigenvalue weighted by atomic mass is 16.5. The van der Waals surface area contributed by atoms with E-state index in [2.05, 4.69) is 0 Å². The number of hydrogen-bond acceptors (Lipinski definition) is 6. The maximum atomic E-state index is 13.1. The Morgan fingerprint density at radius 2 is 1.48 bits per heavy atom. The molecule has 33 heavy (non-hydrogen) atoms. The summed E-state index contributed by atoms with van der Waals surface area (Å²) in [4.78, 5) is 29.7. The van der Waals surface area contributed by atoms with Crippen molar-refractivity contribution < 1.29 is 24.2 Å². The van der Waals surface area contributed by atoms with Crippen LogP contribution in [0.1, 0.15) is 37.4 Å². The Hall–Kier alpha value is -3.32. The summed E-state index contributed by atoms with van der Waals surface area (Å²) in [7, 11) is 3.92. The molecule has 1 fully saturated rings. The van der Waals surface area contributed by atoms with Crippen LogP contribution in [0.3, 0.4) is 0 Å². The lowest BCUT2D eigenvalue weighted by Gasteiger charge is -2.26. The Kier molecular flexibility index (Phi) is 8.11.